The number of hydrogen-bond donors (Lipinski definition) is 1. The van der Waals surface area contributed by atoms with Crippen LogP contribution in [-0.2, 0) is 14.9 Å². The van der Waals surface area contributed by atoms with Crippen LogP contribution in [0.25, 0.3) is 0 Å². The van der Waals surface area contributed by atoms with Gasteiger partial charge in [0.2, 0.25) is 0 Å². The molecule has 6 nitrogen and oxygen atoms in total. The van der Waals surface area contributed by atoms with Crippen molar-refractivity contribution in [2.24, 2.45) is 0 Å². The van der Waals surface area contributed by atoms with E-state index in [-0.39, 0.29) is 6.54 Å². The van der Waals surface area contributed by atoms with E-state index in [1.807, 2.05) is 14.1 Å². The quantitative estimate of drug-likeness (QED) is 0.183. The Bertz CT molecular complexity index is 454. The zero-order chi connectivity index (χ0) is 21.3. The fourth-order valence-corrected chi connectivity index (χ4v) is 3.99. The second kappa shape index (κ2) is 16.6. The van der Waals surface area contributed by atoms with Crippen molar-refractivity contribution in [2.45, 2.75) is 90.1 Å². The van der Waals surface area contributed by atoms with Crippen molar-refractivity contribution >= 4 is 10.1 Å². The van der Waals surface area contributed by atoms with Crippen LogP contribution in [0.5, 0.6) is 0 Å². The monoisotopic (exact) mass is 423 g/mol. The molecule has 0 radical (unpaired) electrons. The third-order valence-electron chi connectivity index (χ3n) is 5.08. The molecule has 0 bridgehead atoms. The highest BCUT2D eigenvalue weighted by Crippen LogP contribution is 2.12. The molecular formula is C21H45NO5S. The highest BCUT2D eigenvalue weighted by atomic mass is 32.2. The van der Waals surface area contributed by atoms with Crippen LogP contribution in [0, 0.1) is 0 Å². The minimum Gasteiger partial charge on any atom is -0.748 e. The summed E-state index contributed by atoms with van der Waals surface area (Å²) in [7, 11) is -0.595. The lowest BCUT2D eigenvalue weighted by Gasteiger charge is -2.32. The first-order chi connectivity index (χ1) is 13.2. The maximum atomic E-state index is 10.7. The van der Waals surface area contributed by atoms with Gasteiger partial charge in [-0.15, -0.1) is 0 Å². The summed E-state index contributed by atoms with van der Waals surface area (Å²) in [4.78, 5) is 0. The van der Waals surface area contributed by atoms with Gasteiger partial charge in [-0.1, -0.05) is 77.6 Å². The van der Waals surface area contributed by atoms with Crippen LogP contribution in [0.15, 0.2) is 0 Å². The molecule has 0 aliphatic rings. The molecule has 0 saturated carbocycles. The summed E-state index contributed by atoms with van der Waals surface area (Å²) in [6.45, 7) is 4.47. The van der Waals surface area contributed by atoms with Gasteiger partial charge in [0.15, 0.2) is 0 Å². The molecule has 0 rings (SSSR count). The predicted octanol–water partition coefficient (Wildman–Crippen LogP) is 3.69. The second-order valence-electron chi connectivity index (χ2n) is 8.72. The van der Waals surface area contributed by atoms with Gasteiger partial charge in [0.1, 0.15) is 19.2 Å². The van der Waals surface area contributed by atoms with Crippen molar-refractivity contribution in [2.75, 3.05) is 46.2 Å². The first kappa shape index (κ1) is 27.8. The molecular weight excluding hydrogens is 378 g/mol. The molecule has 28 heavy (non-hydrogen) atoms. The molecule has 0 aromatic carbocycles. The Morgan fingerprint density at radius 1 is 0.857 bits per heavy atom. The Morgan fingerprint density at radius 2 is 1.32 bits per heavy atom. The zero-order valence-corrected chi connectivity index (χ0v) is 19.4. The molecule has 0 amide bonds. The molecule has 0 aliphatic carbocycles. The standard InChI is InChI=1S/C21H45NO5S/c1-4-5-6-7-8-9-10-11-12-13-14-15-17-27-18-16-22(2,3)19-21(23)20-28(24,25)26/h21,23H,4-20H2,1-3H3. The van der Waals surface area contributed by atoms with E-state index in [0.29, 0.717) is 17.6 Å². The fourth-order valence-electron chi connectivity index (χ4n) is 3.41. The highest BCUT2D eigenvalue weighted by Gasteiger charge is 2.21. The molecule has 170 valence electrons. The van der Waals surface area contributed by atoms with Gasteiger partial charge in [-0.3, -0.25) is 0 Å². The Labute approximate surface area is 174 Å². The summed E-state index contributed by atoms with van der Waals surface area (Å²) in [5, 5.41) is 9.71. The molecule has 1 N–H and O–H groups in total. The number of nitrogens with zero attached hydrogens (tertiary/aromatic N) is 1. The molecule has 0 aromatic heterocycles. The van der Waals surface area contributed by atoms with Crippen LogP contribution in [0.2, 0.25) is 0 Å². The van der Waals surface area contributed by atoms with Gasteiger partial charge < -0.3 is 18.9 Å². The van der Waals surface area contributed by atoms with E-state index in [9.17, 15) is 18.1 Å². The first-order valence-electron chi connectivity index (χ1n) is 11.2. The molecule has 1 atom stereocenters. The van der Waals surface area contributed by atoms with E-state index in [1.54, 1.807) is 0 Å². The number of rotatable bonds is 20. The number of hydrogen-bond acceptors (Lipinski definition) is 5. The largest absolute Gasteiger partial charge is 0.748 e. The van der Waals surface area contributed by atoms with E-state index in [4.69, 9.17) is 4.74 Å². The van der Waals surface area contributed by atoms with Crippen LogP contribution in [0.3, 0.4) is 0 Å². The third-order valence-corrected chi connectivity index (χ3v) is 5.88. The highest BCUT2D eigenvalue weighted by molar-refractivity contribution is 7.85. The van der Waals surface area contributed by atoms with Gasteiger partial charge >= 0.3 is 0 Å². The number of likely N-dealkylation sites (N-methyl/N-ethyl adjacent to an activating group) is 1. The van der Waals surface area contributed by atoms with E-state index in [0.717, 1.165) is 13.0 Å². The van der Waals surface area contributed by atoms with Gasteiger partial charge in [0, 0.05) is 6.61 Å². The van der Waals surface area contributed by atoms with Crippen molar-refractivity contribution in [3.63, 3.8) is 0 Å². The van der Waals surface area contributed by atoms with Crippen LogP contribution in [-0.4, -0.2) is 74.8 Å². The van der Waals surface area contributed by atoms with Crippen LogP contribution in [0.4, 0.5) is 0 Å². The molecule has 7 heteroatoms. The topological polar surface area (TPSA) is 86.7 Å². The Kier molecular flexibility index (Phi) is 16.4. The minimum atomic E-state index is -4.39. The van der Waals surface area contributed by atoms with Crippen molar-refractivity contribution in [1.29, 1.82) is 0 Å². The first-order valence-corrected chi connectivity index (χ1v) is 12.8. The Balaban J connectivity index is 3.44. The number of aliphatic hydroxyl groups excluding tert-OH is 1. The molecule has 0 aromatic rings. The van der Waals surface area contributed by atoms with Crippen LogP contribution >= 0.6 is 0 Å². The lowest BCUT2D eigenvalue weighted by molar-refractivity contribution is -0.893. The maximum Gasteiger partial charge on any atom is 0.116 e. The smallest absolute Gasteiger partial charge is 0.116 e. The molecule has 0 spiro atoms. The fraction of sp³-hybridized carbons (Fsp3) is 1.00. The molecule has 0 saturated heterocycles. The van der Waals surface area contributed by atoms with E-state index >= 15 is 0 Å². The molecule has 0 fully saturated rings. The zero-order valence-electron chi connectivity index (χ0n) is 18.5. The SMILES string of the molecule is CCCCCCCCCCCCCCOCC[N+](C)(C)CC(O)CS(=O)(=O)[O-]. The summed E-state index contributed by atoms with van der Waals surface area (Å²) in [5.41, 5.74) is 0. The lowest BCUT2D eigenvalue weighted by Crippen LogP contribution is -2.48. The van der Waals surface area contributed by atoms with Gasteiger partial charge in [-0.25, -0.2) is 8.42 Å². The molecule has 1 unspecified atom stereocenters. The number of ether oxygens (including phenoxy) is 1. The van der Waals surface area contributed by atoms with Crippen molar-refractivity contribution in [3.8, 4) is 0 Å². The summed E-state index contributed by atoms with van der Waals surface area (Å²) in [6, 6.07) is 0. The van der Waals surface area contributed by atoms with E-state index in [2.05, 4.69) is 6.92 Å². The van der Waals surface area contributed by atoms with Crippen molar-refractivity contribution in [3.05, 3.63) is 0 Å². The van der Waals surface area contributed by atoms with Crippen LogP contribution in [0.1, 0.15) is 84.0 Å². The second-order valence-corrected chi connectivity index (χ2v) is 10.2. The maximum absolute atomic E-state index is 10.7. The van der Waals surface area contributed by atoms with Crippen LogP contribution < -0.4 is 0 Å². The number of quaternary nitrogens is 1. The van der Waals surface area contributed by atoms with Crippen molar-refractivity contribution < 1.29 is 27.3 Å². The van der Waals surface area contributed by atoms with Gasteiger partial charge in [-0.2, -0.15) is 0 Å². The van der Waals surface area contributed by atoms with E-state index in [1.165, 1.54) is 70.6 Å². The summed E-state index contributed by atoms with van der Waals surface area (Å²) in [6.07, 6.45) is 14.7. The summed E-state index contributed by atoms with van der Waals surface area (Å²) in [5.74, 6) is -0.728. The Hall–Kier alpha value is -0.210. The van der Waals surface area contributed by atoms with E-state index < -0.39 is 22.0 Å². The molecule has 0 heterocycles. The minimum absolute atomic E-state index is 0.226. The summed E-state index contributed by atoms with van der Waals surface area (Å²) >= 11 is 0. The third kappa shape index (κ3) is 20.5. The van der Waals surface area contributed by atoms with Gasteiger partial charge in [0.05, 0.1) is 36.6 Å². The van der Waals surface area contributed by atoms with Gasteiger partial charge in [0.25, 0.3) is 0 Å². The Morgan fingerprint density at radius 3 is 1.79 bits per heavy atom. The lowest BCUT2D eigenvalue weighted by atomic mass is 10.1. The van der Waals surface area contributed by atoms with Crippen molar-refractivity contribution in [1.82, 2.24) is 0 Å². The number of unbranched alkanes of at least 4 members (excludes halogenated alkanes) is 11. The average Bonchev–Trinajstić information content (AvgIpc) is 2.56. The predicted molar refractivity (Wildman–Crippen MR) is 114 cm³/mol. The van der Waals surface area contributed by atoms with Gasteiger partial charge in [-0.05, 0) is 6.42 Å². The molecule has 0 aliphatic heterocycles. The summed E-state index contributed by atoms with van der Waals surface area (Å²) < 4.78 is 38.2. The number of aliphatic hydroxyl groups is 1. The normalized spacial score (nSPS) is 13.8. The average molecular weight is 424 g/mol.